The fourth-order valence-corrected chi connectivity index (χ4v) is 3.36. The van der Waals surface area contributed by atoms with Gasteiger partial charge in [0.2, 0.25) is 5.91 Å². The molecule has 1 unspecified atom stereocenters. The van der Waals surface area contributed by atoms with Crippen molar-refractivity contribution in [3.8, 4) is 0 Å². The lowest BCUT2D eigenvalue weighted by molar-refractivity contribution is -0.117. The number of carbonyl (C=O) groups excluding carboxylic acids is 1. The third-order valence-corrected chi connectivity index (χ3v) is 4.54. The van der Waals surface area contributed by atoms with Gasteiger partial charge in [-0.15, -0.1) is 0 Å². The van der Waals surface area contributed by atoms with Crippen molar-refractivity contribution < 1.29 is 9.18 Å². The summed E-state index contributed by atoms with van der Waals surface area (Å²) < 4.78 is 13.1. The molecule has 26 heavy (non-hydrogen) atoms. The van der Waals surface area contributed by atoms with Crippen LogP contribution < -0.4 is 16.4 Å². The highest BCUT2D eigenvalue weighted by molar-refractivity contribution is 5.94. The predicted octanol–water partition coefficient (Wildman–Crippen LogP) is 4.88. The van der Waals surface area contributed by atoms with Gasteiger partial charge in [0.05, 0.1) is 17.4 Å². The summed E-state index contributed by atoms with van der Waals surface area (Å²) in [5, 5.41) is 6.37. The molecule has 1 atom stereocenters. The van der Waals surface area contributed by atoms with Crippen LogP contribution in [0.5, 0.6) is 0 Å². The van der Waals surface area contributed by atoms with E-state index < -0.39 is 0 Å². The Morgan fingerprint density at radius 1 is 1.23 bits per heavy atom. The molecule has 0 spiro atoms. The van der Waals surface area contributed by atoms with Gasteiger partial charge in [-0.3, -0.25) is 4.79 Å². The molecule has 4 nitrogen and oxygen atoms in total. The second kappa shape index (κ2) is 6.98. The summed E-state index contributed by atoms with van der Waals surface area (Å²) in [5.41, 5.74) is 10.6. The number of hydrogen-bond acceptors (Lipinski definition) is 3. The van der Waals surface area contributed by atoms with Crippen LogP contribution in [0, 0.1) is 11.2 Å². The molecule has 138 valence electrons. The van der Waals surface area contributed by atoms with Gasteiger partial charge in [-0.25, -0.2) is 4.39 Å². The van der Waals surface area contributed by atoms with Gasteiger partial charge in [-0.05, 0) is 65.8 Å². The van der Waals surface area contributed by atoms with E-state index in [4.69, 9.17) is 5.73 Å². The average molecular weight is 355 g/mol. The first-order valence-corrected chi connectivity index (χ1v) is 8.95. The van der Waals surface area contributed by atoms with Crippen LogP contribution in [-0.2, 0) is 11.2 Å². The standard InChI is InChI=1S/C21H26FN3O/c1-21(2,3)12-20(26)25-19-10-13-4-9-18(16(13)11-17(19)23)24-15-7-5-14(22)6-8-15/h5-8,10-11,18,24H,4,9,12,23H2,1-3H3,(H,25,26). The Balaban J connectivity index is 1.75. The highest BCUT2D eigenvalue weighted by Gasteiger charge is 2.25. The second-order valence-corrected chi connectivity index (χ2v) is 8.17. The average Bonchev–Trinajstić information content (AvgIpc) is 2.90. The lowest BCUT2D eigenvalue weighted by Crippen LogP contribution is -2.20. The van der Waals surface area contributed by atoms with Gasteiger partial charge in [0, 0.05) is 12.1 Å². The number of benzene rings is 2. The maximum Gasteiger partial charge on any atom is 0.224 e. The van der Waals surface area contributed by atoms with Gasteiger partial charge in [0.25, 0.3) is 0 Å². The van der Waals surface area contributed by atoms with Gasteiger partial charge < -0.3 is 16.4 Å². The normalized spacial score (nSPS) is 16.2. The van der Waals surface area contributed by atoms with Crippen molar-refractivity contribution in [1.29, 1.82) is 0 Å². The van der Waals surface area contributed by atoms with Crippen LogP contribution in [0.4, 0.5) is 21.5 Å². The van der Waals surface area contributed by atoms with E-state index in [0.29, 0.717) is 17.8 Å². The molecule has 1 amide bonds. The number of carbonyl (C=O) groups is 1. The Morgan fingerprint density at radius 2 is 1.92 bits per heavy atom. The molecule has 2 aromatic carbocycles. The van der Waals surface area contributed by atoms with Crippen LogP contribution in [0.1, 0.15) is 50.8 Å². The van der Waals surface area contributed by atoms with Gasteiger partial charge in [-0.1, -0.05) is 20.8 Å². The molecular weight excluding hydrogens is 329 g/mol. The first kappa shape index (κ1) is 18.2. The molecule has 2 aromatic rings. The minimum atomic E-state index is -0.248. The first-order chi connectivity index (χ1) is 12.2. The number of amides is 1. The highest BCUT2D eigenvalue weighted by Crippen LogP contribution is 2.38. The third kappa shape index (κ3) is 4.34. The van der Waals surface area contributed by atoms with Crippen molar-refractivity contribution in [3.05, 3.63) is 53.3 Å². The summed E-state index contributed by atoms with van der Waals surface area (Å²) in [6, 6.07) is 10.4. The van der Waals surface area contributed by atoms with Crippen LogP contribution in [0.2, 0.25) is 0 Å². The molecule has 0 fully saturated rings. The van der Waals surface area contributed by atoms with E-state index >= 15 is 0 Å². The molecule has 0 radical (unpaired) electrons. The molecule has 4 N–H and O–H groups in total. The van der Waals surface area contributed by atoms with Crippen molar-refractivity contribution in [3.63, 3.8) is 0 Å². The van der Waals surface area contributed by atoms with E-state index in [9.17, 15) is 9.18 Å². The fraction of sp³-hybridized carbons (Fsp3) is 0.381. The van der Waals surface area contributed by atoms with Crippen molar-refractivity contribution in [1.82, 2.24) is 0 Å². The van der Waals surface area contributed by atoms with E-state index in [0.717, 1.165) is 24.1 Å². The summed E-state index contributed by atoms with van der Waals surface area (Å²) in [6.45, 7) is 6.10. The lowest BCUT2D eigenvalue weighted by Gasteiger charge is -2.19. The number of nitrogen functional groups attached to an aromatic ring is 1. The molecule has 0 saturated heterocycles. The summed E-state index contributed by atoms with van der Waals surface area (Å²) in [7, 11) is 0. The maximum atomic E-state index is 13.1. The van der Waals surface area contributed by atoms with Gasteiger partial charge in [0.1, 0.15) is 5.82 Å². The maximum absolute atomic E-state index is 13.1. The number of anilines is 3. The number of aryl methyl sites for hydroxylation is 1. The summed E-state index contributed by atoms with van der Waals surface area (Å²) in [6.07, 6.45) is 2.29. The summed E-state index contributed by atoms with van der Waals surface area (Å²) >= 11 is 0. The van der Waals surface area contributed by atoms with Crippen LogP contribution >= 0.6 is 0 Å². The van der Waals surface area contributed by atoms with E-state index in [1.54, 1.807) is 12.1 Å². The zero-order valence-corrected chi connectivity index (χ0v) is 15.5. The smallest absolute Gasteiger partial charge is 0.224 e. The number of nitrogens with one attached hydrogen (secondary N) is 2. The van der Waals surface area contributed by atoms with Crippen molar-refractivity contribution in [2.75, 3.05) is 16.4 Å². The minimum Gasteiger partial charge on any atom is -0.397 e. The van der Waals surface area contributed by atoms with Crippen molar-refractivity contribution in [2.45, 2.75) is 46.1 Å². The zero-order chi connectivity index (χ0) is 18.9. The second-order valence-electron chi connectivity index (χ2n) is 8.17. The largest absolute Gasteiger partial charge is 0.397 e. The van der Waals surface area contributed by atoms with Crippen LogP contribution in [0.25, 0.3) is 0 Å². The lowest BCUT2D eigenvalue weighted by atomic mass is 9.92. The van der Waals surface area contributed by atoms with Crippen LogP contribution in [0.3, 0.4) is 0 Å². The van der Waals surface area contributed by atoms with E-state index in [-0.39, 0.29) is 23.2 Å². The molecule has 0 heterocycles. The number of rotatable bonds is 4. The minimum absolute atomic E-state index is 0.0249. The molecule has 3 rings (SSSR count). The molecule has 0 aliphatic heterocycles. The topological polar surface area (TPSA) is 67.2 Å². The monoisotopic (exact) mass is 355 g/mol. The molecule has 0 bridgehead atoms. The Hall–Kier alpha value is -2.56. The van der Waals surface area contributed by atoms with Gasteiger partial charge >= 0.3 is 0 Å². The number of nitrogens with two attached hydrogens (primary N) is 1. The Kier molecular flexibility index (Phi) is 4.90. The van der Waals surface area contributed by atoms with Crippen LogP contribution in [0.15, 0.2) is 36.4 Å². The van der Waals surface area contributed by atoms with E-state index in [1.165, 1.54) is 17.7 Å². The third-order valence-electron chi connectivity index (χ3n) is 4.54. The fourth-order valence-electron chi connectivity index (χ4n) is 3.36. The summed E-state index contributed by atoms with van der Waals surface area (Å²) in [5.74, 6) is -0.273. The molecular formula is C21H26FN3O. The number of hydrogen-bond donors (Lipinski definition) is 3. The first-order valence-electron chi connectivity index (χ1n) is 8.95. The van der Waals surface area contributed by atoms with Gasteiger partial charge in [-0.2, -0.15) is 0 Å². The van der Waals surface area contributed by atoms with Crippen molar-refractivity contribution >= 4 is 23.0 Å². The summed E-state index contributed by atoms with van der Waals surface area (Å²) in [4.78, 5) is 12.2. The molecule has 5 heteroatoms. The Bertz CT molecular complexity index is 809. The van der Waals surface area contributed by atoms with Crippen LogP contribution in [-0.4, -0.2) is 5.91 Å². The SMILES string of the molecule is CC(C)(C)CC(=O)Nc1cc2c(cc1N)C(Nc1ccc(F)cc1)CC2. The van der Waals surface area contributed by atoms with Crippen molar-refractivity contribution in [2.24, 2.45) is 5.41 Å². The molecule has 1 aliphatic carbocycles. The zero-order valence-electron chi connectivity index (χ0n) is 15.5. The predicted molar refractivity (Wildman–Crippen MR) is 105 cm³/mol. The molecule has 0 saturated carbocycles. The Labute approximate surface area is 154 Å². The quantitative estimate of drug-likeness (QED) is 0.685. The van der Waals surface area contributed by atoms with Gasteiger partial charge in [0.15, 0.2) is 0 Å². The number of halogens is 1. The molecule has 0 aromatic heterocycles. The Morgan fingerprint density at radius 3 is 2.58 bits per heavy atom. The number of fused-ring (bicyclic) bond motifs is 1. The van der Waals surface area contributed by atoms with E-state index in [1.807, 2.05) is 32.9 Å². The molecule has 1 aliphatic rings. The highest BCUT2D eigenvalue weighted by atomic mass is 19.1. The van der Waals surface area contributed by atoms with E-state index in [2.05, 4.69) is 10.6 Å².